The number of fused-ring (bicyclic) bond motifs is 1. The maximum absolute atomic E-state index is 11.1. The van der Waals surface area contributed by atoms with Crippen molar-refractivity contribution in [2.75, 3.05) is 0 Å². The van der Waals surface area contributed by atoms with Crippen LogP contribution in [0.3, 0.4) is 0 Å². The van der Waals surface area contributed by atoms with Gasteiger partial charge < -0.3 is 10.1 Å². The second-order valence-electron chi connectivity index (χ2n) is 4.19. The Bertz CT molecular complexity index is 746. The first-order valence-corrected chi connectivity index (χ1v) is 7.39. The van der Waals surface area contributed by atoms with E-state index < -0.39 is 5.97 Å². The van der Waals surface area contributed by atoms with Crippen molar-refractivity contribution in [2.45, 2.75) is 6.42 Å². The molecule has 5 heteroatoms. The molecule has 2 aromatic heterocycles. The smallest absolute Gasteiger partial charge is 0.307 e. The molecule has 0 fully saturated rings. The average molecular weight is 336 g/mol. The maximum Gasteiger partial charge on any atom is 0.307 e. The lowest BCUT2D eigenvalue weighted by molar-refractivity contribution is -0.136. The summed E-state index contributed by atoms with van der Waals surface area (Å²) in [6, 6.07) is 9.77. The number of carboxylic acids is 1. The Hall–Kier alpha value is -1.59. The van der Waals surface area contributed by atoms with Crippen LogP contribution in [-0.4, -0.2) is 16.1 Å². The van der Waals surface area contributed by atoms with E-state index in [4.69, 9.17) is 5.11 Å². The maximum atomic E-state index is 11.1. The van der Waals surface area contributed by atoms with E-state index in [1.807, 2.05) is 35.7 Å². The highest BCUT2D eigenvalue weighted by molar-refractivity contribution is 9.10. The van der Waals surface area contributed by atoms with E-state index in [1.165, 1.54) is 0 Å². The molecule has 0 saturated heterocycles. The molecule has 96 valence electrons. The number of carboxylic acid groups (broad SMARTS) is 1. The number of H-pyrrole nitrogens is 1. The van der Waals surface area contributed by atoms with Gasteiger partial charge in [-0.2, -0.15) is 0 Å². The second kappa shape index (κ2) is 4.83. The van der Waals surface area contributed by atoms with Crippen LogP contribution >= 0.6 is 27.3 Å². The Labute approximate surface area is 122 Å². The van der Waals surface area contributed by atoms with Crippen molar-refractivity contribution in [3.05, 3.63) is 45.7 Å². The van der Waals surface area contributed by atoms with Crippen LogP contribution in [0.15, 0.2) is 40.2 Å². The normalized spacial score (nSPS) is 11.0. The average Bonchev–Trinajstić information content (AvgIpc) is 2.97. The van der Waals surface area contributed by atoms with Crippen LogP contribution in [0.2, 0.25) is 0 Å². The van der Waals surface area contributed by atoms with Gasteiger partial charge in [-0.25, -0.2) is 0 Å². The van der Waals surface area contributed by atoms with Gasteiger partial charge in [0.25, 0.3) is 0 Å². The Kier molecular flexibility index (Phi) is 3.16. The van der Waals surface area contributed by atoms with E-state index in [0.29, 0.717) is 0 Å². The standard InChI is InChI=1S/C14H10BrNO2S/c15-10-4-1-3-8-9(7-12(17)18)14(16-13(8)10)11-5-2-6-19-11/h1-6,16H,7H2,(H,17,18). The number of thiophene rings is 1. The van der Waals surface area contributed by atoms with Crippen molar-refractivity contribution in [1.29, 1.82) is 0 Å². The van der Waals surface area contributed by atoms with E-state index in [0.717, 1.165) is 31.5 Å². The highest BCUT2D eigenvalue weighted by Gasteiger charge is 2.17. The number of aromatic amines is 1. The molecule has 0 bridgehead atoms. The third-order valence-corrected chi connectivity index (χ3v) is 4.53. The first-order chi connectivity index (χ1) is 9.16. The molecule has 0 unspecified atom stereocenters. The molecule has 0 spiro atoms. The molecule has 19 heavy (non-hydrogen) atoms. The SMILES string of the molecule is O=C(O)Cc1c(-c2cccs2)[nH]c2c(Br)cccc12. The molecular weight excluding hydrogens is 326 g/mol. The van der Waals surface area contributed by atoms with E-state index >= 15 is 0 Å². The van der Waals surface area contributed by atoms with Gasteiger partial charge >= 0.3 is 5.97 Å². The number of para-hydroxylation sites is 1. The fraction of sp³-hybridized carbons (Fsp3) is 0.0714. The van der Waals surface area contributed by atoms with Gasteiger partial charge in [0.1, 0.15) is 0 Å². The lowest BCUT2D eigenvalue weighted by Crippen LogP contribution is -2.00. The van der Waals surface area contributed by atoms with Crippen molar-refractivity contribution in [3.63, 3.8) is 0 Å². The summed E-state index contributed by atoms with van der Waals surface area (Å²) in [6.07, 6.45) is 0.0175. The molecule has 0 aliphatic heterocycles. The van der Waals surface area contributed by atoms with Gasteiger partial charge in [0.15, 0.2) is 0 Å². The first kappa shape index (κ1) is 12.4. The molecule has 0 atom stereocenters. The van der Waals surface area contributed by atoms with Crippen LogP contribution in [-0.2, 0) is 11.2 Å². The zero-order valence-electron chi connectivity index (χ0n) is 9.81. The van der Waals surface area contributed by atoms with Crippen LogP contribution in [0.5, 0.6) is 0 Å². The number of rotatable bonds is 3. The van der Waals surface area contributed by atoms with Crippen molar-refractivity contribution in [3.8, 4) is 10.6 Å². The fourth-order valence-corrected chi connectivity index (χ4v) is 3.42. The van der Waals surface area contributed by atoms with Gasteiger partial charge in [-0.15, -0.1) is 11.3 Å². The summed E-state index contributed by atoms with van der Waals surface area (Å²) in [5.41, 5.74) is 2.69. The molecule has 3 nitrogen and oxygen atoms in total. The molecule has 2 heterocycles. The summed E-state index contributed by atoms with van der Waals surface area (Å²) >= 11 is 5.10. The number of aromatic nitrogens is 1. The summed E-state index contributed by atoms with van der Waals surface area (Å²) in [4.78, 5) is 15.5. The number of nitrogens with one attached hydrogen (secondary N) is 1. The van der Waals surface area contributed by atoms with Crippen LogP contribution in [0.1, 0.15) is 5.56 Å². The zero-order valence-corrected chi connectivity index (χ0v) is 12.2. The van der Waals surface area contributed by atoms with Crippen LogP contribution < -0.4 is 0 Å². The van der Waals surface area contributed by atoms with E-state index in [-0.39, 0.29) is 6.42 Å². The summed E-state index contributed by atoms with van der Waals surface area (Å²) in [5.74, 6) is -0.821. The van der Waals surface area contributed by atoms with E-state index in [9.17, 15) is 4.79 Å². The number of carbonyl (C=O) groups is 1. The molecule has 1 aromatic carbocycles. The Balaban J connectivity index is 2.31. The van der Waals surface area contributed by atoms with Crippen molar-refractivity contribution in [2.24, 2.45) is 0 Å². The van der Waals surface area contributed by atoms with Crippen molar-refractivity contribution < 1.29 is 9.90 Å². The molecule has 0 saturated carbocycles. The predicted octanol–water partition coefficient (Wildman–Crippen LogP) is 4.29. The first-order valence-electron chi connectivity index (χ1n) is 5.71. The zero-order chi connectivity index (χ0) is 13.4. The minimum atomic E-state index is -0.821. The number of halogens is 1. The van der Waals surface area contributed by atoms with E-state index in [1.54, 1.807) is 11.3 Å². The van der Waals surface area contributed by atoms with Gasteiger partial charge in [-0.05, 0) is 39.0 Å². The van der Waals surface area contributed by atoms with Gasteiger partial charge in [-0.3, -0.25) is 4.79 Å². The Morgan fingerprint density at radius 1 is 1.32 bits per heavy atom. The van der Waals surface area contributed by atoms with Gasteiger partial charge in [0, 0.05) is 9.86 Å². The third kappa shape index (κ3) is 2.19. The van der Waals surface area contributed by atoms with Crippen LogP contribution in [0, 0.1) is 0 Å². The van der Waals surface area contributed by atoms with Gasteiger partial charge in [-0.1, -0.05) is 18.2 Å². The minimum absolute atomic E-state index is 0.0175. The number of benzene rings is 1. The monoisotopic (exact) mass is 335 g/mol. The number of hydrogen-bond acceptors (Lipinski definition) is 2. The minimum Gasteiger partial charge on any atom is -0.481 e. The summed E-state index contributed by atoms with van der Waals surface area (Å²) in [7, 11) is 0. The summed E-state index contributed by atoms with van der Waals surface area (Å²) in [6.45, 7) is 0. The molecule has 0 amide bonds. The van der Waals surface area contributed by atoms with E-state index in [2.05, 4.69) is 20.9 Å². The van der Waals surface area contributed by atoms with Gasteiger partial charge in [0.2, 0.25) is 0 Å². The highest BCUT2D eigenvalue weighted by atomic mass is 79.9. The molecular formula is C14H10BrNO2S. The lowest BCUT2D eigenvalue weighted by atomic mass is 10.1. The molecule has 2 N–H and O–H groups in total. The highest BCUT2D eigenvalue weighted by Crippen LogP contribution is 2.35. The molecule has 3 rings (SSSR count). The second-order valence-corrected chi connectivity index (χ2v) is 5.99. The molecule has 0 aliphatic carbocycles. The largest absolute Gasteiger partial charge is 0.481 e. The lowest BCUT2D eigenvalue weighted by Gasteiger charge is -1.99. The Morgan fingerprint density at radius 2 is 2.16 bits per heavy atom. The fourth-order valence-electron chi connectivity index (χ4n) is 2.20. The Morgan fingerprint density at radius 3 is 2.84 bits per heavy atom. The van der Waals surface area contributed by atoms with Crippen molar-refractivity contribution in [1.82, 2.24) is 4.98 Å². The van der Waals surface area contributed by atoms with Crippen molar-refractivity contribution >= 4 is 44.1 Å². The molecule has 0 aliphatic rings. The predicted molar refractivity (Wildman–Crippen MR) is 80.7 cm³/mol. The van der Waals surface area contributed by atoms with Crippen LogP contribution in [0.4, 0.5) is 0 Å². The summed E-state index contributed by atoms with van der Waals surface area (Å²) < 4.78 is 0.944. The third-order valence-electron chi connectivity index (χ3n) is 2.99. The topological polar surface area (TPSA) is 53.1 Å². The molecule has 0 radical (unpaired) electrons. The molecule has 3 aromatic rings. The number of aliphatic carboxylic acids is 1. The quantitative estimate of drug-likeness (QED) is 0.750. The summed E-state index contributed by atoms with van der Waals surface area (Å²) in [5, 5.41) is 12.1. The van der Waals surface area contributed by atoms with Crippen LogP contribution in [0.25, 0.3) is 21.5 Å². The van der Waals surface area contributed by atoms with Gasteiger partial charge in [0.05, 0.1) is 22.5 Å². The number of hydrogen-bond donors (Lipinski definition) is 2.